The van der Waals surface area contributed by atoms with Gasteiger partial charge in [0.25, 0.3) is 0 Å². The van der Waals surface area contributed by atoms with E-state index in [4.69, 9.17) is 0 Å². The molecule has 0 aromatic heterocycles. The number of nitrogens with one attached hydrogen (secondary N) is 1. The van der Waals surface area contributed by atoms with Gasteiger partial charge in [0, 0.05) is 6.54 Å². The monoisotopic (exact) mass is 217 g/mol. The Morgan fingerprint density at radius 3 is 2.81 bits per heavy atom. The van der Waals surface area contributed by atoms with Gasteiger partial charge in [0.15, 0.2) is 0 Å². The molecule has 1 nitrogen and oxygen atoms in total. The highest BCUT2D eigenvalue weighted by atomic mass is 14.9. The lowest BCUT2D eigenvalue weighted by molar-refractivity contribution is 0.486. The minimum Gasteiger partial charge on any atom is -0.312 e. The van der Waals surface area contributed by atoms with Crippen molar-refractivity contribution < 1.29 is 0 Å². The highest BCUT2D eigenvalue weighted by molar-refractivity contribution is 5.37. The summed E-state index contributed by atoms with van der Waals surface area (Å²) in [4.78, 5) is 0. The first-order chi connectivity index (χ1) is 7.85. The van der Waals surface area contributed by atoms with Crippen molar-refractivity contribution in [1.82, 2.24) is 5.32 Å². The lowest BCUT2D eigenvalue weighted by atomic mass is 9.88. The van der Waals surface area contributed by atoms with Gasteiger partial charge in [-0.15, -0.1) is 0 Å². The Balaban J connectivity index is 2.20. The van der Waals surface area contributed by atoms with Crippen LogP contribution < -0.4 is 5.32 Å². The van der Waals surface area contributed by atoms with E-state index in [0.29, 0.717) is 0 Å². The van der Waals surface area contributed by atoms with Gasteiger partial charge in [0.1, 0.15) is 0 Å². The number of hydrogen-bond acceptors (Lipinski definition) is 1. The molecule has 0 atom stereocenters. The zero-order valence-corrected chi connectivity index (χ0v) is 10.6. The number of benzene rings is 1. The Hall–Kier alpha value is -0.820. The third-order valence-electron chi connectivity index (χ3n) is 3.91. The molecular weight excluding hydrogens is 194 g/mol. The van der Waals surface area contributed by atoms with E-state index in [1.54, 1.807) is 16.7 Å². The summed E-state index contributed by atoms with van der Waals surface area (Å²) in [5.74, 6) is 0.855. The summed E-state index contributed by atoms with van der Waals surface area (Å²) in [5.41, 5.74) is 4.74. The zero-order valence-electron chi connectivity index (χ0n) is 10.6. The van der Waals surface area contributed by atoms with Crippen LogP contribution in [-0.2, 0) is 19.4 Å². The molecule has 0 radical (unpaired) electrons. The van der Waals surface area contributed by atoms with E-state index in [2.05, 4.69) is 37.4 Å². The molecule has 1 N–H and O–H groups in total. The van der Waals surface area contributed by atoms with Gasteiger partial charge in [-0.2, -0.15) is 0 Å². The van der Waals surface area contributed by atoms with Crippen molar-refractivity contribution in [1.29, 1.82) is 0 Å². The van der Waals surface area contributed by atoms with Gasteiger partial charge in [0.05, 0.1) is 0 Å². The summed E-state index contributed by atoms with van der Waals surface area (Å²) in [5, 5.41) is 3.49. The average Bonchev–Trinajstić information content (AvgIpc) is 2.36. The molecule has 1 aliphatic rings. The highest BCUT2D eigenvalue weighted by Crippen LogP contribution is 2.23. The molecule has 0 bridgehead atoms. The minimum absolute atomic E-state index is 0.855. The summed E-state index contributed by atoms with van der Waals surface area (Å²) >= 11 is 0. The van der Waals surface area contributed by atoms with Crippen LogP contribution in [-0.4, -0.2) is 6.54 Å². The normalized spacial score (nSPS) is 15.2. The quantitative estimate of drug-likeness (QED) is 0.816. The number of fused-ring (bicyclic) bond motifs is 1. The summed E-state index contributed by atoms with van der Waals surface area (Å²) in [7, 11) is 0. The molecule has 1 aromatic carbocycles. The van der Waals surface area contributed by atoms with Crippen LogP contribution in [0.1, 0.15) is 43.4 Å². The van der Waals surface area contributed by atoms with Crippen molar-refractivity contribution in [3.8, 4) is 0 Å². The molecule has 0 spiro atoms. The number of hydrogen-bond donors (Lipinski definition) is 1. The Morgan fingerprint density at radius 1 is 1.25 bits per heavy atom. The minimum atomic E-state index is 0.855. The molecule has 1 heteroatoms. The fourth-order valence-corrected chi connectivity index (χ4v) is 2.67. The molecule has 2 rings (SSSR count). The van der Waals surface area contributed by atoms with Crippen molar-refractivity contribution in [3.05, 3.63) is 34.9 Å². The van der Waals surface area contributed by atoms with Gasteiger partial charge in [-0.05, 0) is 42.0 Å². The van der Waals surface area contributed by atoms with Crippen molar-refractivity contribution in [2.24, 2.45) is 5.92 Å². The van der Waals surface area contributed by atoms with Crippen LogP contribution in [0, 0.1) is 5.92 Å². The summed E-state index contributed by atoms with van der Waals surface area (Å²) in [6.07, 6.45) is 5.06. The van der Waals surface area contributed by atoms with Crippen molar-refractivity contribution in [2.45, 2.75) is 46.1 Å². The van der Waals surface area contributed by atoms with E-state index >= 15 is 0 Å². The molecule has 1 aromatic rings. The van der Waals surface area contributed by atoms with Crippen LogP contribution in [0.25, 0.3) is 0 Å². The molecule has 16 heavy (non-hydrogen) atoms. The predicted molar refractivity (Wildman–Crippen MR) is 69.6 cm³/mol. The largest absolute Gasteiger partial charge is 0.312 e. The van der Waals surface area contributed by atoms with Gasteiger partial charge in [0.2, 0.25) is 0 Å². The van der Waals surface area contributed by atoms with E-state index in [1.807, 2.05) is 0 Å². The van der Waals surface area contributed by atoms with Crippen molar-refractivity contribution >= 4 is 0 Å². The molecule has 0 fully saturated rings. The van der Waals surface area contributed by atoms with Gasteiger partial charge in [-0.1, -0.05) is 44.9 Å². The molecule has 1 aliphatic heterocycles. The Morgan fingerprint density at radius 2 is 2.06 bits per heavy atom. The van der Waals surface area contributed by atoms with Gasteiger partial charge in [-0.3, -0.25) is 0 Å². The first kappa shape index (κ1) is 11.7. The molecular formula is C15H23N. The van der Waals surface area contributed by atoms with Crippen LogP contribution in [0.15, 0.2) is 18.2 Å². The second kappa shape index (κ2) is 5.49. The lowest BCUT2D eigenvalue weighted by Crippen LogP contribution is -2.25. The third kappa shape index (κ3) is 2.46. The SMILES string of the molecule is CCC(CC)Cc1cccc2c1CNCC2. The van der Waals surface area contributed by atoms with Crippen molar-refractivity contribution in [3.63, 3.8) is 0 Å². The maximum atomic E-state index is 3.49. The van der Waals surface area contributed by atoms with Crippen LogP contribution >= 0.6 is 0 Å². The maximum Gasteiger partial charge on any atom is 0.0211 e. The van der Waals surface area contributed by atoms with Crippen LogP contribution in [0.4, 0.5) is 0 Å². The smallest absolute Gasteiger partial charge is 0.0211 e. The molecule has 0 aliphatic carbocycles. The van der Waals surface area contributed by atoms with Crippen LogP contribution in [0.3, 0.4) is 0 Å². The topological polar surface area (TPSA) is 12.0 Å². The molecule has 88 valence electrons. The Labute approximate surface area is 99.3 Å². The lowest BCUT2D eigenvalue weighted by Gasteiger charge is -2.22. The fourth-order valence-electron chi connectivity index (χ4n) is 2.67. The van der Waals surface area contributed by atoms with Crippen molar-refractivity contribution in [2.75, 3.05) is 6.54 Å². The van der Waals surface area contributed by atoms with Gasteiger partial charge >= 0.3 is 0 Å². The zero-order chi connectivity index (χ0) is 11.4. The van der Waals surface area contributed by atoms with Gasteiger partial charge in [-0.25, -0.2) is 0 Å². The summed E-state index contributed by atoms with van der Waals surface area (Å²) in [6.45, 7) is 6.83. The summed E-state index contributed by atoms with van der Waals surface area (Å²) < 4.78 is 0. The average molecular weight is 217 g/mol. The second-order valence-corrected chi connectivity index (χ2v) is 4.87. The molecule has 0 unspecified atom stereocenters. The van der Waals surface area contributed by atoms with E-state index in [0.717, 1.165) is 19.0 Å². The van der Waals surface area contributed by atoms with E-state index in [1.165, 1.54) is 25.7 Å². The standard InChI is InChI=1S/C15H23N/c1-3-12(4-2)10-14-7-5-6-13-8-9-16-11-15(13)14/h5-7,12,16H,3-4,8-11H2,1-2H3. The van der Waals surface area contributed by atoms with E-state index < -0.39 is 0 Å². The van der Waals surface area contributed by atoms with E-state index in [9.17, 15) is 0 Å². The Bertz CT molecular complexity index is 339. The fraction of sp³-hybridized carbons (Fsp3) is 0.600. The molecule has 0 amide bonds. The predicted octanol–water partition coefficient (Wildman–Crippen LogP) is 3.31. The van der Waals surface area contributed by atoms with Crippen LogP contribution in [0.2, 0.25) is 0 Å². The van der Waals surface area contributed by atoms with E-state index in [-0.39, 0.29) is 0 Å². The number of rotatable bonds is 4. The third-order valence-corrected chi connectivity index (χ3v) is 3.91. The first-order valence-corrected chi connectivity index (χ1v) is 6.65. The molecule has 1 heterocycles. The Kier molecular flexibility index (Phi) is 4.00. The molecule has 0 saturated heterocycles. The van der Waals surface area contributed by atoms with Gasteiger partial charge < -0.3 is 5.32 Å². The maximum absolute atomic E-state index is 3.49. The first-order valence-electron chi connectivity index (χ1n) is 6.65. The molecule has 0 saturated carbocycles. The summed E-state index contributed by atoms with van der Waals surface area (Å²) in [6, 6.07) is 6.86. The second-order valence-electron chi connectivity index (χ2n) is 4.87. The highest BCUT2D eigenvalue weighted by Gasteiger charge is 2.14. The van der Waals surface area contributed by atoms with Crippen LogP contribution in [0.5, 0.6) is 0 Å².